The normalized spacial score (nSPS) is 20.7. The fourth-order valence-electron chi connectivity index (χ4n) is 2.58. The first-order valence-corrected chi connectivity index (χ1v) is 8.09. The molecule has 132 valence electrons. The van der Waals surface area contributed by atoms with Gasteiger partial charge in [-0.15, -0.1) is 0 Å². The van der Waals surface area contributed by atoms with E-state index in [9.17, 15) is 19.5 Å². The van der Waals surface area contributed by atoms with E-state index in [2.05, 4.69) is 5.32 Å². The summed E-state index contributed by atoms with van der Waals surface area (Å²) in [6, 6.07) is -1.59. The van der Waals surface area contributed by atoms with Crippen molar-refractivity contribution in [3.63, 3.8) is 0 Å². The molecule has 0 saturated carbocycles. The molecular weight excluding hydrogens is 300 g/mol. The molecule has 0 radical (unpaired) electrons. The Labute approximate surface area is 137 Å². The maximum Gasteiger partial charge on any atom is 0.408 e. The van der Waals surface area contributed by atoms with Gasteiger partial charge in [-0.25, -0.2) is 9.59 Å². The van der Waals surface area contributed by atoms with Gasteiger partial charge < -0.3 is 20.1 Å². The fraction of sp³-hybridized carbons (Fsp3) is 0.812. The van der Waals surface area contributed by atoms with Crippen LogP contribution in [0, 0.1) is 5.92 Å². The number of hydrogen-bond acceptors (Lipinski definition) is 4. The molecule has 1 unspecified atom stereocenters. The number of hydrogen-bond donors (Lipinski definition) is 2. The lowest BCUT2D eigenvalue weighted by atomic mass is 9.97. The van der Waals surface area contributed by atoms with Crippen molar-refractivity contribution >= 4 is 18.0 Å². The SMILES string of the molecule is CC[C@@H](C)[C@H](NC(=O)OC(C)(C)C)C(=O)N1CCCC1C(=O)O. The van der Waals surface area contributed by atoms with Crippen molar-refractivity contribution in [2.75, 3.05) is 6.54 Å². The average molecular weight is 328 g/mol. The smallest absolute Gasteiger partial charge is 0.408 e. The molecule has 0 spiro atoms. The van der Waals surface area contributed by atoms with E-state index in [1.807, 2.05) is 13.8 Å². The molecule has 7 nitrogen and oxygen atoms in total. The predicted molar refractivity (Wildman–Crippen MR) is 85.0 cm³/mol. The minimum absolute atomic E-state index is 0.120. The highest BCUT2D eigenvalue weighted by molar-refractivity contribution is 5.90. The summed E-state index contributed by atoms with van der Waals surface area (Å²) in [5.41, 5.74) is -0.662. The number of likely N-dealkylation sites (tertiary alicyclic amines) is 1. The number of carboxylic acids is 1. The second-order valence-electron chi connectivity index (χ2n) is 7.04. The third kappa shape index (κ3) is 5.41. The fourth-order valence-corrected chi connectivity index (χ4v) is 2.58. The summed E-state index contributed by atoms with van der Waals surface area (Å²) < 4.78 is 5.21. The average Bonchev–Trinajstić information content (AvgIpc) is 2.90. The molecule has 0 aromatic carbocycles. The van der Waals surface area contributed by atoms with Gasteiger partial charge in [-0.3, -0.25) is 4.79 Å². The number of alkyl carbamates (subject to hydrolysis) is 1. The Balaban J connectivity index is 2.87. The van der Waals surface area contributed by atoms with Crippen molar-refractivity contribution in [2.45, 2.75) is 71.6 Å². The van der Waals surface area contributed by atoms with E-state index in [1.54, 1.807) is 20.8 Å². The molecule has 1 fully saturated rings. The summed E-state index contributed by atoms with van der Waals surface area (Å²) in [7, 11) is 0. The van der Waals surface area contributed by atoms with Gasteiger partial charge in [0.15, 0.2) is 0 Å². The molecule has 0 aliphatic carbocycles. The van der Waals surface area contributed by atoms with Crippen LogP contribution < -0.4 is 5.32 Å². The first kappa shape index (κ1) is 19.3. The first-order valence-electron chi connectivity index (χ1n) is 8.09. The van der Waals surface area contributed by atoms with Crippen LogP contribution in [0.2, 0.25) is 0 Å². The topological polar surface area (TPSA) is 95.9 Å². The van der Waals surface area contributed by atoms with Crippen LogP contribution in [-0.2, 0) is 14.3 Å². The van der Waals surface area contributed by atoms with Gasteiger partial charge in [0.1, 0.15) is 17.7 Å². The van der Waals surface area contributed by atoms with Crippen LogP contribution in [0.3, 0.4) is 0 Å². The monoisotopic (exact) mass is 328 g/mol. The van der Waals surface area contributed by atoms with Gasteiger partial charge in [0.2, 0.25) is 5.91 Å². The number of carbonyl (C=O) groups excluding carboxylic acids is 2. The van der Waals surface area contributed by atoms with Crippen molar-refractivity contribution < 1.29 is 24.2 Å². The Hall–Kier alpha value is -1.79. The van der Waals surface area contributed by atoms with Crippen LogP contribution in [0.15, 0.2) is 0 Å². The van der Waals surface area contributed by atoms with E-state index in [0.29, 0.717) is 25.8 Å². The third-order valence-electron chi connectivity index (χ3n) is 3.97. The highest BCUT2D eigenvalue weighted by Crippen LogP contribution is 2.21. The number of nitrogens with one attached hydrogen (secondary N) is 1. The van der Waals surface area contributed by atoms with E-state index in [0.717, 1.165) is 0 Å². The van der Waals surface area contributed by atoms with E-state index in [4.69, 9.17) is 4.74 Å². The summed E-state index contributed by atoms with van der Waals surface area (Å²) in [5.74, 6) is -1.48. The molecule has 7 heteroatoms. The first-order chi connectivity index (χ1) is 10.6. The van der Waals surface area contributed by atoms with Crippen LogP contribution in [0.4, 0.5) is 4.79 Å². The largest absolute Gasteiger partial charge is 0.480 e. The molecule has 2 N–H and O–H groups in total. The van der Waals surface area contributed by atoms with Gasteiger partial charge >= 0.3 is 12.1 Å². The molecule has 23 heavy (non-hydrogen) atoms. The molecule has 1 aliphatic heterocycles. The molecule has 1 heterocycles. The number of carbonyl (C=O) groups is 3. The standard InChI is InChI=1S/C16H28N2O5/c1-6-10(2)12(17-15(22)23-16(3,4)5)13(19)18-9-7-8-11(18)14(20)21/h10-12H,6-9H2,1-5H3,(H,17,22)(H,20,21)/t10-,11?,12+/m1/s1. The molecule has 3 atom stereocenters. The van der Waals surface area contributed by atoms with Gasteiger partial charge in [-0.2, -0.15) is 0 Å². The summed E-state index contributed by atoms with van der Waals surface area (Å²) in [6.07, 6.45) is 1.11. The van der Waals surface area contributed by atoms with Gasteiger partial charge in [0, 0.05) is 6.54 Å². The second kappa shape index (κ2) is 7.66. The summed E-state index contributed by atoms with van der Waals surface area (Å²) in [6.45, 7) is 9.40. The number of rotatable bonds is 5. The van der Waals surface area contributed by atoms with Gasteiger partial charge in [-0.1, -0.05) is 20.3 Å². The van der Waals surface area contributed by atoms with Crippen molar-refractivity contribution in [2.24, 2.45) is 5.92 Å². The molecular formula is C16H28N2O5. The van der Waals surface area contributed by atoms with E-state index >= 15 is 0 Å². The van der Waals surface area contributed by atoms with Crippen molar-refractivity contribution in [3.8, 4) is 0 Å². The number of carboxylic acid groups (broad SMARTS) is 1. The quantitative estimate of drug-likeness (QED) is 0.805. The van der Waals surface area contributed by atoms with E-state index < -0.39 is 29.7 Å². The third-order valence-corrected chi connectivity index (χ3v) is 3.97. The Morgan fingerprint density at radius 1 is 1.35 bits per heavy atom. The van der Waals surface area contributed by atoms with E-state index in [1.165, 1.54) is 4.90 Å². The Bertz CT molecular complexity index is 458. The van der Waals surface area contributed by atoms with Crippen LogP contribution >= 0.6 is 0 Å². The van der Waals surface area contributed by atoms with Crippen LogP contribution in [0.5, 0.6) is 0 Å². The van der Waals surface area contributed by atoms with Crippen molar-refractivity contribution in [1.29, 1.82) is 0 Å². The van der Waals surface area contributed by atoms with Crippen molar-refractivity contribution in [3.05, 3.63) is 0 Å². The minimum atomic E-state index is -1.00. The molecule has 1 saturated heterocycles. The second-order valence-corrected chi connectivity index (χ2v) is 7.04. The lowest BCUT2D eigenvalue weighted by molar-refractivity contribution is -0.149. The zero-order chi connectivity index (χ0) is 17.8. The molecule has 2 amide bonds. The minimum Gasteiger partial charge on any atom is -0.480 e. The van der Waals surface area contributed by atoms with E-state index in [-0.39, 0.29) is 11.8 Å². The number of amides is 2. The molecule has 0 aromatic heterocycles. The predicted octanol–water partition coefficient (Wildman–Crippen LogP) is 2.00. The Morgan fingerprint density at radius 3 is 2.43 bits per heavy atom. The molecule has 0 aromatic rings. The van der Waals surface area contributed by atoms with Gasteiger partial charge in [-0.05, 0) is 39.5 Å². The summed E-state index contributed by atoms with van der Waals surface area (Å²) >= 11 is 0. The highest BCUT2D eigenvalue weighted by Gasteiger charge is 2.39. The van der Waals surface area contributed by atoms with Crippen LogP contribution in [0.1, 0.15) is 53.9 Å². The maximum atomic E-state index is 12.8. The molecule has 1 aliphatic rings. The lowest BCUT2D eigenvalue weighted by Gasteiger charge is -2.31. The van der Waals surface area contributed by atoms with Gasteiger partial charge in [0.05, 0.1) is 0 Å². The maximum absolute atomic E-state index is 12.8. The van der Waals surface area contributed by atoms with Crippen LogP contribution in [-0.4, -0.2) is 52.2 Å². The Morgan fingerprint density at radius 2 is 1.96 bits per heavy atom. The molecule has 1 rings (SSSR count). The number of ether oxygens (including phenoxy) is 1. The lowest BCUT2D eigenvalue weighted by Crippen LogP contribution is -2.54. The molecule has 0 bridgehead atoms. The zero-order valence-corrected chi connectivity index (χ0v) is 14.6. The summed E-state index contributed by atoms with van der Waals surface area (Å²) in [5, 5.41) is 11.9. The number of nitrogens with zero attached hydrogens (tertiary/aromatic N) is 1. The van der Waals surface area contributed by atoms with Crippen molar-refractivity contribution in [1.82, 2.24) is 10.2 Å². The zero-order valence-electron chi connectivity index (χ0n) is 14.6. The van der Waals surface area contributed by atoms with Gasteiger partial charge in [0.25, 0.3) is 0 Å². The Kier molecular flexibility index (Phi) is 6.41. The highest BCUT2D eigenvalue weighted by atomic mass is 16.6. The summed E-state index contributed by atoms with van der Waals surface area (Å²) in [4.78, 5) is 37.4. The van der Waals surface area contributed by atoms with Crippen LogP contribution in [0.25, 0.3) is 0 Å². The number of aliphatic carboxylic acids is 1.